The summed E-state index contributed by atoms with van der Waals surface area (Å²) in [4.78, 5) is 2.18. The zero-order chi connectivity index (χ0) is 9.68. The van der Waals surface area contributed by atoms with Crippen molar-refractivity contribution in [3.05, 3.63) is 29.8 Å². The van der Waals surface area contributed by atoms with Crippen molar-refractivity contribution in [1.82, 2.24) is 0 Å². The molecule has 1 aromatic rings. The first-order valence-electron chi connectivity index (χ1n) is 4.51. The molecule has 0 atom stereocenters. The molecule has 0 aliphatic carbocycles. The molecule has 0 N–H and O–H groups in total. The first kappa shape index (κ1) is 10.1. The molecule has 0 fully saturated rings. The second-order valence-electron chi connectivity index (χ2n) is 3.25. The van der Waals surface area contributed by atoms with Crippen molar-refractivity contribution < 1.29 is 4.74 Å². The van der Waals surface area contributed by atoms with Crippen LogP contribution in [-0.4, -0.2) is 27.3 Å². The van der Waals surface area contributed by atoms with Gasteiger partial charge in [-0.25, -0.2) is 0 Å². The Morgan fingerprint density at radius 2 is 1.85 bits per heavy atom. The summed E-state index contributed by atoms with van der Waals surface area (Å²) < 4.78 is 5.02. The maximum atomic E-state index is 5.02. The molecular weight excluding hydrogens is 162 g/mol. The van der Waals surface area contributed by atoms with E-state index in [1.54, 1.807) is 7.11 Å². The number of aryl methyl sites for hydroxylation is 1. The maximum absolute atomic E-state index is 5.02. The highest BCUT2D eigenvalue weighted by molar-refractivity contribution is 5.46. The van der Waals surface area contributed by atoms with E-state index < -0.39 is 0 Å². The Bertz CT molecular complexity index is 243. The van der Waals surface area contributed by atoms with Gasteiger partial charge in [-0.1, -0.05) is 17.7 Å². The van der Waals surface area contributed by atoms with Crippen LogP contribution in [0.2, 0.25) is 0 Å². The standard InChI is InChI=1S/C11H17NO/c1-10-4-6-11(7-5-10)12(2)8-9-13-3/h4-7H,8-9H2,1-3H3. The topological polar surface area (TPSA) is 12.5 Å². The Balaban J connectivity index is 2.55. The van der Waals surface area contributed by atoms with Crippen molar-refractivity contribution in [3.8, 4) is 0 Å². The van der Waals surface area contributed by atoms with Gasteiger partial charge in [-0.2, -0.15) is 0 Å². The molecule has 0 unspecified atom stereocenters. The SMILES string of the molecule is COCCN(C)c1ccc(C)cc1. The van der Waals surface area contributed by atoms with Crippen LogP contribution in [-0.2, 0) is 4.74 Å². The van der Waals surface area contributed by atoms with E-state index in [-0.39, 0.29) is 0 Å². The number of hydrogen-bond donors (Lipinski definition) is 0. The summed E-state index contributed by atoms with van der Waals surface area (Å²) in [6.07, 6.45) is 0. The minimum Gasteiger partial charge on any atom is -0.383 e. The fourth-order valence-electron chi connectivity index (χ4n) is 1.16. The van der Waals surface area contributed by atoms with Crippen LogP contribution in [0.25, 0.3) is 0 Å². The summed E-state index contributed by atoms with van der Waals surface area (Å²) in [6, 6.07) is 8.51. The lowest BCUT2D eigenvalue weighted by Crippen LogP contribution is -2.21. The van der Waals surface area contributed by atoms with E-state index in [9.17, 15) is 0 Å². The van der Waals surface area contributed by atoms with Crippen molar-refractivity contribution in [2.24, 2.45) is 0 Å². The molecule has 0 aromatic heterocycles. The third-order valence-electron chi connectivity index (χ3n) is 2.11. The summed E-state index contributed by atoms with van der Waals surface area (Å²) in [5, 5.41) is 0. The summed E-state index contributed by atoms with van der Waals surface area (Å²) in [5.41, 5.74) is 2.53. The quantitative estimate of drug-likeness (QED) is 0.701. The van der Waals surface area contributed by atoms with Crippen LogP contribution in [0, 0.1) is 6.92 Å². The molecule has 0 heterocycles. The van der Waals surface area contributed by atoms with Crippen LogP contribution in [0.1, 0.15) is 5.56 Å². The van der Waals surface area contributed by atoms with Gasteiger partial charge in [0.05, 0.1) is 6.61 Å². The smallest absolute Gasteiger partial charge is 0.0637 e. The molecule has 13 heavy (non-hydrogen) atoms. The fourth-order valence-corrected chi connectivity index (χ4v) is 1.16. The van der Waals surface area contributed by atoms with Gasteiger partial charge in [-0.05, 0) is 19.1 Å². The minimum atomic E-state index is 0.768. The lowest BCUT2D eigenvalue weighted by molar-refractivity contribution is 0.206. The van der Waals surface area contributed by atoms with Gasteiger partial charge in [0.1, 0.15) is 0 Å². The Morgan fingerprint density at radius 1 is 1.23 bits per heavy atom. The molecule has 2 nitrogen and oxygen atoms in total. The molecule has 72 valence electrons. The number of likely N-dealkylation sites (N-methyl/N-ethyl adjacent to an activating group) is 1. The van der Waals surface area contributed by atoms with Crippen molar-refractivity contribution in [3.63, 3.8) is 0 Å². The molecule has 0 aliphatic heterocycles. The van der Waals surface area contributed by atoms with Gasteiger partial charge in [-0.3, -0.25) is 0 Å². The summed E-state index contributed by atoms with van der Waals surface area (Å²) in [5.74, 6) is 0. The van der Waals surface area contributed by atoms with Gasteiger partial charge in [0.15, 0.2) is 0 Å². The zero-order valence-corrected chi connectivity index (χ0v) is 8.58. The highest BCUT2D eigenvalue weighted by Gasteiger charge is 1.98. The molecule has 0 spiro atoms. The first-order chi connectivity index (χ1) is 6.24. The molecule has 0 saturated heterocycles. The summed E-state index contributed by atoms with van der Waals surface area (Å²) >= 11 is 0. The predicted molar refractivity (Wildman–Crippen MR) is 56.3 cm³/mol. The lowest BCUT2D eigenvalue weighted by Gasteiger charge is -2.18. The van der Waals surface area contributed by atoms with Gasteiger partial charge in [0, 0.05) is 26.4 Å². The summed E-state index contributed by atoms with van der Waals surface area (Å²) in [6.45, 7) is 3.79. The van der Waals surface area contributed by atoms with Gasteiger partial charge in [-0.15, -0.1) is 0 Å². The highest BCUT2D eigenvalue weighted by Crippen LogP contribution is 2.12. The largest absolute Gasteiger partial charge is 0.383 e. The fraction of sp³-hybridized carbons (Fsp3) is 0.455. The van der Waals surface area contributed by atoms with Gasteiger partial charge >= 0.3 is 0 Å². The highest BCUT2D eigenvalue weighted by atomic mass is 16.5. The molecule has 0 amide bonds. The number of methoxy groups -OCH3 is 1. The minimum absolute atomic E-state index is 0.768. The van der Waals surface area contributed by atoms with Crippen LogP contribution in [0.5, 0.6) is 0 Å². The lowest BCUT2D eigenvalue weighted by atomic mass is 10.2. The van der Waals surface area contributed by atoms with Crippen molar-refractivity contribution >= 4 is 5.69 Å². The molecular formula is C11H17NO. The van der Waals surface area contributed by atoms with Gasteiger partial charge in [0.2, 0.25) is 0 Å². The first-order valence-corrected chi connectivity index (χ1v) is 4.51. The van der Waals surface area contributed by atoms with Crippen LogP contribution in [0.15, 0.2) is 24.3 Å². The molecule has 0 saturated carbocycles. The van der Waals surface area contributed by atoms with Crippen LogP contribution in [0.3, 0.4) is 0 Å². The van der Waals surface area contributed by atoms with E-state index in [1.165, 1.54) is 11.3 Å². The molecule has 0 aliphatic rings. The van der Waals surface area contributed by atoms with Crippen molar-refractivity contribution in [1.29, 1.82) is 0 Å². The second-order valence-corrected chi connectivity index (χ2v) is 3.25. The van der Waals surface area contributed by atoms with E-state index in [2.05, 4.69) is 43.1 Å². The number of hydrogen-bond acceptors (Lipinski definition) is 2. The number of nitrogens with zero attached hydrogens (tertiary/aromatic N) is 1. The zero-order valence-electron chi connectivity index (χ0n) is 8.58. The molecule has 0 radical (unpaired) electrons. The van der Waals surface area contributed by atoms with E-state index >= 15 is 0 Å². The molecule has 0 bridgehead atoms. The average Bonchev–Trinajstić information content (AvgIpc) is 2.15. The van der Waals surface area contributed by atoms with Crippen LogP contribution < -0.4 is 4.90 Å². The van der Waals surface area contributed by atoms with E-state index in [1.807, 2.05) is 0 Å². The van der Waals surface area contributed by atoms with E-state index in [0.717, 1.165) is 13.2 Å². The van der Waals surface area contributed by atoms with Gasteiger partial charge in [0.25, 0.3) is 0 Å². The Morgan fingerprint density at radius 3 is 2.38 bits per heavy atom. The van der Waals surface area contributed by atoms with E-state index in [4.69, 9.17) is 4.74 Å². The van der Waals surface area contributed by atoms with Crippen LogP contribution in [0.4, 0.5) is 5.69 Å². The average molecular weight is 179 g/mol. The van der Waals surface area contributed by atoms with Gasteiger partial charge < -0.3 is 9.64 Å². The second kappa shape index (κ2) is 4.87. The van der Waals surface area contributed by atoms with Crippen LogP contribution >= 0.6 is 0 Å². The number of ether oxygens (including phenoxy) is 1. The number of benzene rings is 1. The number of rotatable bonds is 4. The Hall–Kier alpha value is -1.02. The third kappa shape index (κ3) is 3.07. The molecule has 1 rings (SSSR count). The Kier molecular flexibility index (Phi) is 3.77. The summed E-state index contributed by atoms with van der Waals surface area (Å²) in [7, 11) is 3.80. The molecule has 2 heteroatoms. The normalized spacial score (nSPS) is 10.1. The maximum Gasteiger partial charge on any atom is 0.0637 e. The van der Waals surface area contributed by atoms with E-state index in [0.29, 0.717) is 0 Å². The van der Waals surface area contributed by atoms with Crippen molar-refractivity contribution in [2.45, 2.75) is 6.92 Å². The monoisotopic (exact) mass is 179 g/mol. The third-order valence-corrected chi connectivity index (χ3v) is 2.11. The Labute approximate surface area is 80.1 Å². The van der Waals surface area contributed by atoms with Crippen molar-refractivity contribution in [2.75, 3.05) is 32.2 Å². The number of anilines is 1. The molecule has 1 aromatic carbocycles. The predicted octanol–water partition coefficient (Wildman–Crippen LogP) is 2.08.